The van der Waals surface area contributed by atoms with Gasteiger partial charge in [-0.1, -0.05) is 36.8 Å². The Morgan fingerprint density at radius 3 is 2.35 bits per heavy atom. The number of hydrogen-bond donors (Lipinski definition) is 1. The second-order valence-corrected chi connectivity index (χ2v) is 4.57. The van der Waals surface area contributed by atoms with Crippen molar-refractivity contribution in [3.8, 4) is 0 Å². The second kappa shape index (κ2) is 5.77. The Morgan fingerprint density at radius 2 is 1.94 bits per heavy atom. The highest BCUT2D eigenvalue weighted by Crippen LogP contribution is 2.17. The molecule has 0 bridgehead atoms. The zero-order valence-electron chi connectivity index (χ0n) is 10.4. The molecule has 1 atom stereocenters. The van der Waals surface area contributed by atoms with Gasteiger partial charge in [0.1, 0.15) is 0 Å². The zero-order valence-corrected chi connectivity index (χ0v) is 11.3. The van der Waals surface area contributed by atoms with Crippen LogP contribution in [0.1, 0.15) is 18.9 Å². The van der Waals surface area contributed by atoms with E-state index in [1.165, 1.54) is 0 Å². The molecule has 0 aromatic heterocycles. The van der Waals surface area contributed by atoms with E-state index >= 15 is 0 Å². The van der Waals surface area contributed by atoms with Gasteiger partial charge in [-0.2, -0.15) is 0 Å². The third-order valence-corrected chi connectivity index (χ3v) is 3.09. The van der Waals surface area contributed by atoms with Crippen LogP contribution in [0.3, 0.4) is 0 Å². The van der Waals surface area contributed by atoms with Crippen LogP contribution >= 0.6 is 12.2 Å². The molecule has 1 unspecified atom stereocenters. The number of nitrogens with two attached hydrogens (primary N) is 1. The Labute approximate surface area is 108 Å². The van der Waals surface area contributed by atoms with Gasteiger partial charge in [0.05, 0.1) is 10.9 Å². The molecule has 1 rings (SSSR count). The standard InChI is InChI=1S/C13H18N2OS/c1-4-11(12(14)17)13(16)15(3)10-7-5-9(2)6-8-10/h5-8,11H,4H2,1-3H3,(H2,14,17). The number of thiocarbonyl (C=S) groups is 1. The molecule has 17 heavy (non-hydrogen) atoms. The average molecular weight is 250 g/mol. The molecule has 2 N–H and O–H groups in total. The van der Waals surface area contributed by atoms with E-state index in [-0.39, 0.29) is 16.8 Å². The van der Waals surface area contributed by atoms with Crippen molar-refractivity contribution in [3.63, 3.8) is 0 Å². The summed E-state index contributed by atoms with van der Waals surface area (Å²) in [7, 11) is 1.74. The Balaban J connectivity index is 2.89. The predicted molar refractivity (Wildman–Crippen MR) is 75.2 cm³/mol. The van der Waals surface area contributed by atoms with E-state index in [4.69, 9.17) is 18.0 Å². The molecular weight excluding hydrogens is 232 g/mol. The molecule has 0 aliphatic heterocycles. The van der Waals surface area contributed by atoms with Crippen LogP contribution in [0.5, 0.6) is 0 Å². The molecule has 0 heterocycles. The molecule has 1 aromatic rings. The van der Waals surface area contributed by atoms with Crippen LogP contribution in [-0.4, -0.2) is 17.9 Å². The number of benzene rings is 1. The first kappa shape index (κ1) is 13.6. The van der Waals surface area contributed by atoms with Crippen LogP contribution in [0.4, 0.5) is 5.69 Å². The van der Waals surface area contributed by atoms with Gasteiger partial charge in [0, 0.05) is 12.7 Å². The quantitative estimate of drug-likeness (QED) is 0.834. The fourth-order valence-electron chi connectivity index (χ4n) is 1.63. The minimum absolute atomic E-state index is 0.0520. The Kier molecular flexibility index (Phi) is 4.63. The van der Waals surface area contributed by atoms with Gasteiger partial charge in [0.2, 0.25) is 5.91 Å². The highest BCUT2D eigenvalue weighted by molar-refractivity contribution is 7.80. The first-order valence-corrected chi connectivity index (χ1v) is 6.01. The number of carbonyl (C=O) groups is 1. The van der Waals surface area contributed by atoms with E-state index in [9.17, 15) is 4.79 Å². The summed E-state index contributed by atoms with van der Waals surface area (Å²) < 4.78 is 0. The van der Waals surface area contributed by atoms with E-state index in [0.717, 1.165) is 11.3 Å². The lowest BCUT2D eigenvalue weighted by Gasteiger charge is -2.22. The largest absolute Gasteiger partial charge is 0.393 e. The highest BCUT2D eigenvalue weighted by atomic mass is 32.1. The third kappa shape index (κ3) is 3.27. The predicted octanol–water partition coefficient (Wildman–Crippen LogP) is 2.27. The minimum Gasteiger partial charge on any atom is -0.393 e. The Hall–Kier alpha value is -1.42. The smallest absolute Gasteiger partial charge is 0.236 e. The monoisotopic (exact) mass is 250 g/mol. The molecule has 0 saturated heterocycles. The van der Waals surface area contributed by atoms with Crippen LogP contribution < -0.4 is 10.6 Å². The normalized spacial score (nSPS) is 11.9. The summed E-state index contributed by atoms with van der Waals surface area (Å²) >= 11 is 4.91. The van der Waals surface area contributed by atoms with Gasteiger partial charge in [0.15, 0.2) is 0 Å². The number of carbonyl (C=O) groups excluding carboxylic acids is 1. The minimum atomic E-state index is -0.378. The van der Waals surface area contributed by atoms with Gasteiger partial charge in [-0.05, 0) is 25.5 Å². The van der Waals surface area contributed by atoms with Crippen molar-refractivity contribution in [1.29, 1.82) is 0 Å². The SMILES string of the molecule is CCC(C(=O)N(C)c1ccc(C)cc1)C(N)=S. The van der Waals surface area contributed by atoms with Crippen molar-refractivity contribution >= 4 is 28.8 Å². The van der Waals surface area contributed by atoms with Crippen molar-refractivity contribution in [1.82, 2.24) is 0 Å². The van der Waals surface area contributed by atoms with Gasteiger partial charge in [-0.15, -0.1) is 0 Å². The summed E-state index contributed by atoms with van der Waals surface area (Å²) in [6.07, 6.45) is 0.629. The number of anilines is 1. The van der Waals surface area contributed by atoms with E-state index in [1.807, 2.05) is 38.1 Å². The fraction of sp³-hybridized carbons (Fsp3) is 0.385. The summed E-state index contributed by atoms with van der Waals surface area (Å²) in [5.74, 6) is -0.430. The van der Waals surface area contributed by atoms with E-state index < -0.39 is 0 Å². The fourth-order valence-corrected chi connectivity index (χ4v) is 1.89. The molecule has 0 aliphatic carbocycles. The first-order chi connectivity index (χ1) is 7.97. The summed E-state index contributed by atoms with van der Waals surface area (Å²) in [5.41, 5.74) is 7.59. The van der Waals surface area contributed by atoms with Crippen molar-refractivity contribution in [3.05, 3.63) is 29.8 Å². The van der Waals surface area contributed by atoms with E-state index in [1.54, 1.807) is 11.9 Å². The van der Waals surface area contributed by atoms with Crippen molar-refractivity contribution in [2.24, 2.45) is 11.7 Å². The van der Waals surface area contributed by atoms with Crippen LogP contribution in [0.25, 0.3) is 0 Å². The van der Waals surface area contributed by atoms with Crippen LogP contribution in [0, 0.1) is 12.8 Å². The van der Waals surface area contributed by atoms with Gasteiger partial charge >= 0.3 is 0 Å². The molecule has 3 nitrogen and oxygen atoms in total. The molecule has 0 saturated carbocycles. The molecule has 0 radical (unpaired) electrons. The highest BCUT2D eigenvalue weighted by Gasteiger charge is 2.23. The Morgan fingerprint density at radius 1 is 1.41 bits per heavy atom. The average Bonchev–Trinajstić information content (AvgIpc) is 2.29. The number of nitrogens with zero attached hydrogens (tertiary/aromatic N) is 1. The molecular formula is C13H18N2OS. The second-order valence-electron chi connectivity index (χ2n) is 4.10. The molecule has 0 spiro atoms. The van der Waals surface area contributed by atoms with Crippen LogP contribution in [-0.2, 0) is 4.79 Å². The number of aryl methyl sites for hydroxylation is 1. The van der Waals surface area contributed by atoms with Crippen LogP contribution in [0.2, 0.25) is 0 Å². The van der Waals surface area contributed by atoms with Crippen molar-refractivity contribution in [2.75, 3.05) is 11.9 Å². The maximum Gasteiger partial charge on any atom is 0.236 e. The van der Waals surface area contributed by atoms with Crippen molar-refractivity contribution < 1.29 is 4.79 Å². The number of rotatable bonds is 4. The van der Waals surface area contributed by atoms with Gasteiger partial charge in [0.25, 0.3) is 0 Å². The zero-order chi connectivity index (χ0) is 13.0. The lowest BCUT2D eigenvalue weighted by Crippen LogP contribution is -2.38. The molecule has 92 valence electrons. The lowest BCUT2D eigenvalue weighted by atomic mass is 10.0. The summed E-state index contributed by atoms with van der Waals surface area (Å²) in [4.78, 5) is 14.0. The van der Waals surface area contributed by atoms with Gasteiger partial charge in [-0.3, -0.25) is 4.79 Å². The van der Waals surface area contributed by atoms with Crippen molar-refractivity contribution in [2.45, 2.75) is 20.3 Å². The molecule has 1 aromatic carbocycles. The summed E-state index contributed by atoms with van der Waals surface area (Å²) in [6, 6.07) is 7.78. The summed E-state index contributed by atoms with van der Waals surface area (Å²) in [6.45, 7) is 3.92. The third-order valence-electron chi connectivity index (χ3n) is 2.80. The van der Waals surface area contributed by atoms with E-state index in [0.29, 0.717) is 6.42 Å². The van der Waals surface area contributed by atoms with E-state index in [2.05, 4.69) is 0 Å². The lowest BCUT2D eigenvalue weighted by molar-refractivity contribution is -0.120. The molecule has 4 heteroatoms. The Bertz CT molecular complexity index is 414. The molecule has 0 aliphatic rings. The van der Waals surface area contributed by atoms with Crippen LogP contribution in [0.15, 0.2) is 24.3 Å². The maximum atomic E-state index is 12.2. The first-order valence-electron chi connectivity index (χ1n) is 5.61. The van der Waals surface area contributed by atoms with Gasteiger partial charge in [-0.25, -0.2) is 0 Å². The number of amides is 1. The van der Waals surface area contributed by atoms with Gasteiger partial charge < -0.3 is 10.6 Å². The number of hydrogen-bond acceptors (Lipinski definition) is 2. The summed E-state index contributed by atoms with van der Waals surface area (Å²) in [5, 5.41) is 0. The topological polar surface area (TPSA) is 46.3 Å². The molecule has 1 amide bonds. The maximum absolute atomic E-state index is 12.2. The molecule has 0 fully saturated rings.